The van der Waals surface area contributed by atoms with Gasteiger partial charge < -0.3 is 0 Å². The van der Waals surface area contributed by atoms with Crippen LogP contribution in [-0.2, 0) is 15.7 Å². The zero-order valence-corrected chi connectivity index (χ0v) is 2.83. The van der Waals surface area contributed by atoms with Crippen LogP contribution >= 0.6 is 0 Å². The minimum Gasteiger partial charge on any atom is -0.282 e. The molecule has 0 rings (SSSR count). The average molecular weight is 101 g/mol. The van der Waals surface area contributed by atoms with E-state index in [1.165, 1.54) is 0 Å². The fourth-order valence-corrected chi connectivity index (χ4v) is 0. The first-order chi connectivity index (χ1) is 2.81. The summed E-state index contributed by atoms with van der Waals surface area (Å²) in [6, 6.07) is 0. The van der Waals surface area contributed by atoms with Crippen molar-refractivity contribution in [3.8, 4) is 0 Å². The van der Waals surface area contributed by atoms with E-state index in [9.17, 15) is 8.74 Å². The van der Waals surface area contributed by atoms with Crippen molar-refractivity contribution in [1.82, 2.24) is 0 Å². The van der Waals surface area contributed by atoms with E-state index in [4.69, 9.17) is 1.43 Å². The number of halogens is 1. The van der Waals surface area contributed by atoms with E-state index in [0.29, 0.717) is 0 Å². The number of hydrogen-bond donors (Lipinski definition) is 1. The molecule has 0 radical (unpaired) electrons. The average Bonchev–Trinajstić information content (AvgIpc) is 1.65. The van der Waals surface area contributed by atoms with Gasteiger partial charge in [-0.2, -0.15) is 4.21 Å². The zero-order valence-electron chi connectivity index (χ0n) is 3.01. The van der Waals surface area contributed by atoms with Crippen LogP contribution in [0.3, 0.4) is 0 Å². The van der Waals surface area contributed by atoms with Gasteiger partial charge >= 0.3 is 11.4 Å². The van der Waals surface area contributed by atoms with E-state index in [0.717, 1.165) is 0 Å². The summed E-state index contributed by atoms with van der Waals surface area (Å²) < 4.78 is 30.8. The van der Waals surface area contributed by atoms with Crippen molar-refractivity contribution in [3.63, 3.8) is 0 Å². The Morgan fingerprint density at radius 2 is 3.00 bits per heavy atom. The Labute approximate surface area is 31.6 Å². The summed E-state index contributed by atoms with van der Waals surface area (Å²) in [4.78, 5) is 0. The van der Waals surface area contributed by atoms with Crippen LogP contribution in [0.2, 0.25) is 0 Å². The van der Waals surface area contributed by atoms with E-state index in [1.54, 1.807) is 0 Å². The van der Waals surface area contributed by atoms with Crippen LogP contribution in [0.1, 0.15) is 0 Å². The van der Waals surface area contributed by atoms with Crippen LogP contribution in [0.15, 0.2) is 0 Å². The molecule has 0 heterocycles. The summed E-state index contributed by atoms with van der Waals surface area (Å²) >= 11 is -2.53. The zero-order chi connectivity index (χ0) is 4.99. The van der Waals surface area contributed by atoms with Gasteiger partial charge in [0.2, 0.25) is 1.43 Å². The van der Waals surface area contributed by atoms with Crippen molar-refractivity contribution in [2.45, 2.75) is 0 Å². The molecule has 0 aliphatic rings. The summed E-state index contributed by atoms with van der Waals surface area (Å²) in [7, 11) is 0. The van der Waals surface area contributed by atoms with Crippen molar-refractivity contribution in [2.75, 3.05) is 0 Å². The van der Waals surface area contributed by atoms with E-state index in [1.807, 2.05) is 0 Å². The van der Waals surface area contributed by atoms with Crippen molar-refractivity contribution in [2.24, 2.45) is 0 Å². The summed E-state index contributed by atoms with van der Waals surface area (Å²) in [5.41, 5.74) is 0. The molecule has 5 heavy (non-hydrogen) atoms. The first kappa shape index (κ1) is 3.20. The molecule has 3 nitrogen and oxygen atoms in total. The molecule has 0 aliphatic heterocycles. The van der Waals surface area contributed by atoms with Crippen molar-refractivity contribution in [1.29, 1.82) is 1.43 Å². The highest BCUT2D eigenvalue weighted by Gasteiger charge is 1.81. The van der Waals surface area contributed by atoms with Crippen molar-refractivity contribution >= 4 is 11.4 Å². The van der Waals surface area contributed by atoms with Gasteiger partial charge in [0.1, 0.15) is 0 Å². The van der Waals surface area contributed by atoms with Gasteiger partial charge in [0, 0.05) is 0 Å². The summed E-state index contributed by atoms with van der Waals surface area (Å²) in [6.07, 6.45) is 0. The van der Waals surface area contributed by atoms with Crippen LogP contribution in [0.4, 0.5) is 4.53 Å². The molecule has 1 atom stereocenters. The molecule has 0 fully saturated rings. The van der Waals surface area contributed by atoms with Gasteiger partial charge in [-0.3, -0.25) is 4.56 Å². The second-order valence-electron chi connectivity index (χ2n) is 0.267. The van der Waals surface area contributed by atoms with E-state index in [2.05, 4.69) is 8.94 Å². The van der Waals surface area contributed by atoms with Crippen LogP contribution in [0.5, 0.6) is 0 Å². The third-order valence-corrected chi connectivity index (χ3v) is 0.154. The molecule has 5 heteroatoms. The molecule has 1 N–H and O–H groups in total. The molecule has 0 saturated carbocycles. The predicted octanol–water partition coefficient (Wildman–Crippen LogP) is 0.0242. The van der Waals surface area contributed by atoms with Crippen molar-refractivity contribution in [3.05, 3.63) is 0 Å². The molecule has 0 aromatic rings. The van der Waals surface area contributed by atoms with Gasteiger partial charge in [-0.05, 0) is 4.53 Å². The van der Waals surface area contributed by atoms with E-state index >= 15 is 0 Å². The molecule has 0 aromatic carbocycles. The van der Waals surface area contributed by atoms with Gasteiger partial charge in [-0.1, -0.05) is 4.39 Å². The maximum absolute atomic E-state index is 10.3. The van der Waals surface area contributed by atoms with Crippen LogP contribution < -0.4 is 0 Å². The highest BCUT2D eigenvalue weighted by molar-refractivity contribution is 7.74. The maximum atomic E-state index is 10.3. The SMILES string of the molecule is [2H]OS(=O)OF. The minimum atomic E-state index is -2.53. The lowest BCUT2D eigenvalue weighted by Gasteiger charge is -1.69. The molecular formula is HFO3S. The van der Waals surface area contributed by atoms with Gasteiger partial charge in [0.25, 0.3) is 0 Å². The molecule has 1 unspecified atom stereocenters. The summed E-state index contributed by atoms with van der Waals surface area (Å²) in [6.45, 7) is 0. The Balaban J connectivity index is 2.99. The molecule has 32 valence electrons. The van der Waals surface area contributed by atoms with E-state index < -0.39 is 11.4 Å². The third kappa shape index (κ3) is 4.00. The Kier molecular flexibility index (Phi) is 1.44. The Hall–Kier alpha value is -0.0000000000000000278. The second-order valence-corrected chi connectivity index (χ2v) is 0.801. The molecule has 0 amide bonds. The Morgan fingerprint density at radius 1 is 2.40 bits per heavy atom. The van der Waals surface area contributed by atoms with Crippen molar-refractivity contribution < 1.29 is 17.7 Å². The fourth-order valence-electron chi connectivity index (χ4n) is 0. The lowest BCUT2D eigenvalue weighted by molar-refractivity contribution is 0.000724. The smallest absolute Gasteiger partial charge is 0.282 e. The molecule has 0 aromatic heterocycles. The highest BCUT2D eigenvalue weighted by atomic mass is 32.2. The molecule has 0 spiro atoms. The first-order valence-electron chi connectivity index (χ1n) is 1.06. The predicted molar refractivity (Wildman–Crippen MR) is 13.0 cm³/mol. The molecule has 0 aliphatic carbocycles. The lowest BCUT2D eigenvalue weighted by atomic mass is 15.6. The Bertz CT molecular complexity index is 48.8. The molecule has 0 bridgehead atoms. The normalized spacial score (nSPS) is 17.4. The second kappa shape index (κ2) is 2.25. The monoisotopic (exact) mass is 101 g/mol. The van der Waals surface area contributed by atoms with Gasteiger partial charge in [-0.25, -0.2) is 0 Å². The Morgan fingerprint density at radius 3 is 3.00 bits per heavy atom. The van der Waals surface area contributed by atoms with Crippen LogP contribution in [-0.4, -0.2) is 8.76 Å². The topological polar surface area (TPSA) is 46.5 Å². The summed E-state index contributed by atoms with van der Waals surface area (Å²) in [5, 5.41) is 0. The molecule has 0 saturated heterocycles. The first-order valence-corrected chi connectivity index (χ1v) is 1.65. The van der Waals surface area contributed by atoms with Gasteiger partial charge in [-0.15, -0.1) is 0 Å². The maximum Gasteiger partial charge on any atom is 0.335 e. The number of rotatable bonds is 2. The quantitative estimate of drug-likeness (QED) is 0.499. The lowest BCUT2D eigenvalue weighted by Crippen LogP contribution is -1.79. The highest BCUT2D eigenvalue weighted by Crippen LogP contribution is 1.72. The third-order valence-electron chi connectivity index (χ3n) is 0.0514. The van der Waals surface area contributed by atoms with E-state index in [-0.39, 0.29) is 0 Å². The van der Waals surface area contributed by atoms with Gasteiger partial charge in [0.05, 0.1) is 0 Å². The minimum absolute atomic E-state index is 2.46. The van der Waals surface area contributed by atoms with Crippen LogP contribution in [0, 0.1) is 0 Å². The van der Waals surface area contributed by atoms with Crippen LogP contribution in [0.25, 0.3) is 1.43 Å². The molecular weight excluding hydrogens is 99.1 g/mol. The standard InChI is InChI=1S/FHO3S/c1-4-5(2)3/h(H,2,3)/i/hD. The largest absolute Gasteiger partial charge is 0.335 e. The summed E-state index contributed by atoms with van der Waals surface area (Å²) in [5.74, 6) is 0. The van der Waals surface area contributed by atoms with Gasteiger partial charge in [0.15, 0.2) is 0 Å². The fraction of sp³-hybridized carbons (Fsp3) is 0. The number of hydrogen-bond acceptors (Lipinski definition) is 3.